The van der Waals surface area contributed by atoms with Gasteiger partial charge >= 0.3 is 0 Å². The molecule has 180 valence electrons. The monoisotopic (exact) mass is 471 g/mol. The Morgan fingerprint density at radius 1 is 1.14 bits per heavy atom. The lowest BCUT2D eigenvalue weighted by Crippen LogP contribution is -2.41. The Kier molecular flexibility index (Phi) is 5.29. The fourth-order valence-electron chi connectivity index (χ4n) is 4.86. The molecule has 0 spiro atoms. The maximum atomic E-state index is 12.5. The van der Waals surface area contributed by atoms with Gasteiger partial charge in [-0.15, -0.1) is 0 Å². The molecule has 3 atom stereocenters. The van der Waals surface area contributed by atoms with Crippen molar-refractivity contribution in [3.05, 3.63) is 42.9 Å². The van der Waals surface area contributed by atoms with Crippen molar-refractivity contribution in [2.45, 2.75) is 26.4 Å². The smallest absolute Gasteiger partial charge is 0.228 e. The van der Waals surface area contributed by atoms with Gasteiger partial charge in [0.25, 0.3) is 0 Å². The van der Waals surface area contributed by atoms with Crippen molar-refractivity contribution in [3.63, 3.8) is 0 Å². The molecule has 1 unspecified atom stereocenters. The third kappa shape index (κ3) is 4.05. The van der Waals surface area contributed by atoms with Crippen LogP contribution in [0.5, 0.6) is 0 Å². The molecule has 1 saturated carbocycles. The molecule has 0 aromatic carbocycles. The highest BCUT2D eigenvalue weighted by Gasteiger charge is 2.39. The van der Waals surface area contributed by atoms with E-state index in [0.29, 0.717) is 11.7 Å². The zero-order valence-electron chi connectivity index (χ0n) is 20.2. The van der Waals surface area contributed by atoms with Crippen molar-refractivity contribution in [2.75, 3.05) is 42.3 Å². The summed E-state index contributed by atoms with van der Waals surface area (Å²) in [6, 6.07) is 8.21. The number of rotatable bonds is 5. The van der Waals surface area contributed by atoms with Crippen molar-refractivity contribution in [1.29, 1.82) is 0 Å². The number of morpholine rings is 1. The second-order valence-corrected chi connectivity index (χ2v) is 9.61. The average molecular weight is 472 g/mol. The number of amides is 1. The number of hydrogen-bond acceptors (Lipinski definition) is 7. The number of nitrogens with zero attached hydrogens (tertiary/aromatic N) is 5. The van der Waals surface area contributed by atoms with E-state index in [-0.39, 0.29) is 17.9 Å². The number of ether oxygens (including phenoxy) is 1. The summed E-state index contributed by atoms with van der Waals surface area (Å²) >= 11 is 0. The molecule has 4 aromatic heterocycles. The number of hydrogen-bond donors (Lipinski definition) is 2. The van der Waals surface area contributed by atoms with Crippen LogP contribution in [-0.4, -0.2) is 58.3 Å². The minimum atomic E-state index is 0.0338. The topological polar surface area (TPSA) is 96.7 Å². The van der Waals surface area contributed by atoms with Gasteiger partial charge in [0.15, 0.2) is 0 Å². The summed E-state index contributed by atoms with van der Waals surface area (Å²) in [5, 5.41) is 12.8. The van der Waals surface area contributed by atoms with E-state index in [4.69, 9.17) is 9.84 Å². The Hall–Kier alpha value is -3.72. The summed E-state index contributed by atoms with van der Waals surface area (Å²) in [5.74, 6) is 1.83. The zero-order chi connectivity index (χ0) is 24.1. The second-order valence-electron chi connectivity index (χ2n) is 9.61. The third-order valence-electron chi connectivity index (χ3n) is 7.03. The molecule has 5 heterocycles. The standard InChI is InChI=1S/C26H29N7O2/c1-15-8-19(15)26(34)30-24-10-20-21(11-29-25(27-3)22(20)12-28-24)23-9-17-4-5-18(14-33(17)31-23)32-6-7-35-16(2)13-32/h4-5,9-12,14-16,19H,6-8,13H2,1-3H3,(H,27,29)(H,28,30,34)/t15-,16?,19+/m1/s1. The molecule has 9 heteroatoms. The molecule has 1 aliphatic heterocycles. The van der Waals surface area contributed by atoms with Gasteiger partial charge in [-0.3, -0.25) is 4.79 Å². The van der Waals surface area contributed by atoms with E-state index < -0.39 is 0 Å². The van der Waals surface area contributed by atoms with Crippen LogP contribution in [0.3, 0.4) is 0 Å². The van der Waals surface area contributed by atoms with E-state index in [1.165, 1.54) is 0 Å². The number of nitrogens with one attached hydrogen (secondary N) is 2. The molecule has 1 aliphatic carbocycles. The third-order valence-corrected chi connectivity index (χ3v) is 7.03. The molecule has 2 fully saturated rings. The van der Waals surface area contributed by atoms with E-state index in [0.717, 1.165) is 65.2 Å². The van der Waals surface area contributed by atoms with Crippen LogP contribution >= 0.6 is 0 Å². The molecule has 0 bridgehead atoms. The lowest BCUT2D eigenvalue weighted by Gasteiger charge is -2.32. The highest BCUT2D eigenvalue weighted by Crippen LogP contribution is 2.39. The number of carbonyl (C=O) groups is 1. The first kappa shape index (κ1) is 21.8. The van der Waals surface area contributed by atoms with Crippen molar-refractivity contribution < 1.29 is 9.53 Å². The van der Waals surface area contributed by atoms with Gasteiger partial charge in [0.05, 0.1) is 35.8 Å². The number of fused-ring (bicyclic) bond motifs is 2. The molecule has 9 nitrogen and oxygen atoms in total. The van der Waals surface area contributed by atoms with Gasteiger partial charge in [-0.1, -0.05) is 6.92 Å². The molecule has 1 amide bonds. The molecular weight excluding hydrogens is 442 g/mol. The number of anilines is 3. The van der Waals surface area contributed by atoms with Gasteiger partial charge in [0, 0.05) is 54.8 Å². The molecule has 1 saturated heterocycles. The zero-order valence-corrected chi connectivity index (χ0v) is 20.2. The first-order chi connectivity index (χ1) is 17.0. The van der Waals surface area contributed by atoms with Crippen LogP contribution in [0.2, 0.25) is 0 Å². The van der Waals surface area contributed by atoms with Crippen molar-refractivity contribution >= 4 is 39.5 Å². The van der Waals surface area contributed by atoms with Crippen molar-refractivity contribution in [1.82, 2.24) is 19.6 Å². The summed E-state index contributed by atoms with van der Waals surface area (Å²) in [4.78, 5) is 23.9. The van der Waals surface area contributed by atoms with Gasteiger partial charge in [-0.05, 0) is 43.5 Å². The fraction of sp³-hybridized carbons (Fsp3) is 0.385. The first-order valence-electron chi connectivity index (χ1n) is 12.1. The van der Waals surface area contributed by atoms with Gasteiger partial charge in [0.1, 0.15) is 11.6 Å². The second kappa shape index (κ2) is 8.49. The van der Waals surface area contributed by atoms with Crippen LogP contribution in [0.4, 0.5) is 17.3 Å². The molecule has 0 radical (unpaired) electrons. The largest absolute Gasteiger partial charge is 0.375 e. The number of aromatic nitrogens is 4. The Bertz CT molecular complexity index is 1430. The summed E-state index contributed by atoms with van der Waals surface area (Å²) < 4.78 is 7.60. The van der Waals surface area contributed by atoms with Gasteiger partial charge in [-0.25, -0.2) is 14.5 Å². The van der Waals surface area contributed by atoms with Crippen LogP contribution in [0, 0.1) is 11.8 Å². The molecule has 2 aliphatic rings. The Labute approximate surface area is 203 Å². The lowest BCUT2D eigenvalue weighted by molar-refractivity contribution is -0.117. The van der Waals surface area contributed by atoms with Gasteiger partial charge in [0.2, 0.25) is 5.91 Å². The van der Waals surface area contributed by atoms with Crippen LogP contribution in [0.15, 0.2) is 42.9 Å². The minimum absolute atomic E-state index is 0.0338. The van der Waals surface area contributed by atoms with Crippen molar-refractivity contribution in [2.24, 2.45) is 11.8 Å². The molecule has 35 heavy (non-hydrogen) atoms. The number of carbonyl (C=O) groups excluding carboxylic acids is 1. The summed E-state index contributed by atoms with van der Waals surface area (Å²) in [6.45, 7) is 6.65. The van der Waals surface area contributed by atoms with E-state index >= 15 is 0 Å². The average Bonchev–Trinajstić information content (AvgIpc) is 3.45. The predicted molar refractivity (Wildman–Crippen MR) is 137 cm³/mol. The lowest BCUT2D eigenvalue weighted by atomic mass is 10.1. The Balaban J connectivity index is 1.39. The van der Waals surface area contributed by atoms with E-state index in [2.05, 4.69) is 63.7 Å². The molecular formula is C26H29N7O2. The Morgan fingerprint density at radius 2 is 2.00 bits per heavy atom. The molecule has 2 N–H and O–H groups in total. The van der Waals surface area contributed by atoms with E-state index in [1.807, 2.05) is 23.8 Å². The number of pyridine rings is 3. The van der Waals surface area contributed by atoms with E-state index in [9.17, 15) is 4.79 Å². The maximum Gasteiger partial charge on any atom is 0.228 e. The first-order valence-corrected chi connectivity index (χ1v) is 12.1. The van der Waals surface area contributed by atoms with E-state index in [1.54, 1.807) is 6.20 Å². The normalized spacial score (nSPS) is 21.9. The van der Waals surface area contributed by atoms with Gasteiger partial charge < -0.3 is 20.3 Å². The minimum Gasteiger partial charge on any atom is -0.375 e. The summed E-state index contributed by atoms with van der Waals surface area (Å²) in [5.41, 5.74) is 3.83. The highest BCUT2D eigenvalue weighted by atomic mass is 16.5. The quantitative estimate of drug-likeness (QED) is 0.457. The predicted octanol–water partition coefficient (Wildman–Crippen LogP) is 3.81. The van der Waals surface area contributed by atoms with Crippen LogP contribution in [0.1, 0.15) is 20.3 Å². The van der Waals surface area contributed by atoms with Gasteiger partial charge in [-0.2, -0.15) is 5.10 Å². The maximum absolute atomic E-state index is 12.5. The summed E-state index contributed by atoms with van der Waals surface area (Å²) in [6.07, 6.45) is 6.80. The summed E-state index contributed by atoms with van der Waals surface area (Å²) in [7, 11) is 1.84. The van der Waals surface area contributed by atoms with Crippen LogP contribution in [-0.2, 0) is 9.53 Å². The van der Waals surface area contributed by atoms with Crippen molar-refractivity contribution in [3.8, 4) is 11.3 Å². The molecule has 4 aromatic rings. The van der Waals surface area contributed by atoms with Crippen LogP contribution in [0.25, 0.3) is 27.5 Å². The van der Waals surface area contributed by atoms with Crippen LogP contribution < -0.4 is 15.5 Å². The highest BCUT2D eigenvalue weighted by molar-refractivity contribution is 6.03. The fourth-order valence-corrected chi connectivity index (χ4v) is 4.86. The SMILES string of the molecule is CNc1ncc(-c2cc3ccc(N4CCOC(C)C4)cn3n2)c2cc(NC(=O)[C@H]3C[C@H]3C)ncc12. The Morgan fingerprint density at radius 3 is 2.77 bits per heavy atom. The molecule has 6 rings (SSSR count).